The zero-order chi connectivity index (χ0) is 19.7. The second-order valence-corrected chi connectivity index (χ2v) is 8.31. The van der Waals surface area contributed by atoms with Crippen molar-refractivity contribution in [2.45, 2.75) is 19.3 Å². The molecule has 8 nitrogen and oxygen atoms in total. The summed E-state index contributed by atoms with van der Waals surface area (Å²) in [5.74, 6) is 1.37. The van der Waals surface area contributed by atoms with Crippen molar-refractivity contribution in [1.29, 1.82) is 0 Å². The molecular formula is C20H31N7O. The number of nitrogens with one attached hydrogen (secondary N) is 1. The smallest absolute Gasteiger partial charge is 0.226 e. The van der Waals surface area contributed by atoms with Gasteiger partial charge in [0.1, 0.15) is 5.82 Å². The van der Waals surface area contributed by atoms with Gasteiger partial charge >= 0.3 is 0 Å². The summed E-state index contributed by atoms with van der Waals surface area (Å²) >= 11 is 0. The molecule has 0 radical (unpaired) electrons. The van der Waals surface area contributed by atoms with Crippen LogP contribution in [0.25, 0.3) is 5.65 Å². The summed E-state index contributed by atoms with van der Waals surface area (Å²) in [6.45, 7) is 5.29. The van der Waals surface area contributed by atoms with E-state index in [-0.39, 0.29) is 11.8 Å². The molecular weight excluding hydrogens is 354 g/mol. The number of aromatic nitrogens is 3. The molecule has 0 aliphatic carbocycles. The van der Waals surface area contributed by atoms with E-state index < -0.39 is 0 Å². The molecule has 2 aromatic rings. The Morgan fingerprint density at radius 1 is 1.29 bits per heavy atom. The summed E-state index contributed by atoms with van der Waals surface area (Å²) in [4.78, 5) is 24.1. The fourth-order valence-electron chi connectivity index (χ4n) is 4.07. The summed E-state index contributed by atoms with van der Waals surface area (Å²) in [5.41, 5.74) is 3.38. The molecule has 0 aromatic carbocycles. The van der Waals surface area contributed by atoms with Crippen LogP contribution in [0.5, 0.6) is 0 Å². The highest BCUT2D eigenvalue weighted by Gasteiger charge is 2.36. The summed E-state index contributed by atoms with van der Waals surface area (Å²) < 4.78 is 1.95. The van der Waals surface area contributed by atoms with Gasteiger partial charge in [0.25, 0.3) is 0 Å². The molecule has 8 heteroatoms. The third-order valence-electron chi connectivity index (χ3n) is 5.80. The number of carbonyl (C=O) groups is 1. The topological polar surface area (TPSA) is 69.0 Å². The Balaban J connectivity index is 1.46. The number of carbonyl (C=O) groups excluding carboxylic acids is 1. The van der Waals surface area contributed by atoms with Gasteiger partial charge in [-0.2, -0.15) is 9.61 Å². The van der Waals surface area contributed by atoms with Crippen molar-refractivity contribution in [1.82, 2.24) is 29.7 Å². The molecule has 2 aliphatic heterocycles. The lowest BCUT2D eigenvalue weighted by Crippen LogP contribution is -2.55. The first-order valence-corrected chi connectivity index (χ1v) is 10.2. The van der Waals surface area contributed by atoms with Crippen LogP contribution in [0.4, 0.5) is 5.82 Å². The van der Waals surface area contributed by atoms with Crippen molar-refractivity contribution >= 4 is 17.4 Å². The Bertz CT molecular complexity index is 840. The number of nitrogens with zero attached hydrogens (tertiary/aromatic N) is 6. The van der Waals surface area contributed by atoms with Crippen molar-refractivity contribution in [3.05, 3.63) is 23.5 Å². The molecule has 4 heterocycles. The fraction of sp³-hybridized carbons (Fsp3) is 0.650. The lowest BCUT2D eigenvalue weighted by molar-refractivity contribution is -0.125. The van der Waals surface area contributed by atoms with Gasteiger partial charge in [-0.15, -0.1) is 0 Å². The van der Waals surface area contributed by atoms with E-state index in [0.717, 1.165) is 70.0 Å². The molecule has 2 aromatic heterocycles. The Labute approximate surface area is 166 Å². The van der Waals surface area contributed by atoms with Crippen LogP contribution in [-0.2, 0) is 17.6 Å². The van der Waals surface area contributed by atoms with Gasteiger partial charge in [0.05, 0.1) is 17.8 Å². The summed E-state index contributed by atoms with van der Waals surface area (Å²) in [7, 11) is 6.27. The molecule has 1 amide bonds. The maximum absolute atomic E-state index is 12.5. The third-order valence-corrected chi connectivity index (χ3v) is 5.80. The molecule has 0 bridgehead atoms. The number of hydrogen-bond donors (Lipinski definition) is 1. The molecule has 0 spiro atoms. The van der Waals surface area contributed by atoms with Gasteiger partial charge in [-0.05, 0) is 40.5 Å². The number of fused-ring (bicyclic) bond motifs is 2. The van der Waals surface area contributed by atoms with Gasteiger partial charge in [0.2, 0.25) is 5.91 Å². The van der Waals surface area contributed by atoms with Crippen LogP contribution >= 0.6 is 0 Å². The van der Waals surface area contributed by atoms with Gasteiger partial charge in [0, 0.05) is 50.8 Å². The van der Waals surface area contributed by atoms with Crippen LogP contribution in [0, 0.1) is 5.92 Å². The Kier molecular flexibility index (Phi) is 5.50. The van der Waals surface area contributed by atoms with Gasteiger partial charge in [-0.25, -0.2) is 4.98 Å². The van der Waals surface area contributed by atoms with Crippen molar-refractivity contribution in [2.24, 2.45) is 5.92 Å². The van der Waals surface area contributed by atoms with Crippen molar-refractivity contribution < 1.29 is 4.79 Å². The van der Waals surface area contributed by atoms with Gasteiger partial charge in [-0.1, -0.05) is 0 Å². The highest BCUT2D eigenvalue weighted by molar-refractivity contribution is 5.82. The molecule has 0 saturated carbocycles. The maximum atomic E-state index is 12.5. The largest absolute Gasteiger partial charge is 0.356 e. The second kappa shape index (κ2) is 8.05. The quantitative estimate of drug-likeness (QED) is 0.720. The van der Waals surface area contributed by atoms with Gasteiger partial charge in [0.15, 0.2) is 5.65 Å². The number of likely N-dealkylation sites (N-methyl/N-ethyl adjacent to an activating group) is 1. The number of rotatable bonds is 6. The van der Waals surface area contributed by atoms with Crippen LogP contribution in [0.2, 0.25) is 0 Å². The predicted octanol–water partition coefficient (Wildman–Crippen LogP) is 0.264. The van der Waals surface area contributed by atoms with E-state index in [2.05, 4.69) is 46.3 Å². The zero-order valence-electron chi connectivity index (χ0n) is 17.2. The lowest BCUT2D eigenvalue weighted by atomic mass is 9.97. The lowest BCUT2D eigenvalue weighted by Gasteiger charge is -2.41. The normalized spacial score (nSPS) is 18.2. The fourth-order valence-corrected chi connectivity index (χ4v) is 4.07. The number of hydrogen-bond acceptors (Lipinski definition) is 6. The highest BCUT2D eigenvalue weighted by atomic mass is 16.2. The van der Waals surface area contributed by atoms with E-state index >= 15 is 0 Å². The van der Waals surface area contributed by atoms with E-state index in [1.54, 1.807) is 0 Å². The molecule has 28 heavy (non-hydrogen) atoms. The molecule has 1 fully saturated rings. The molecule has 1 N–H and O–H groups in total. The van der Waals surface area contributed by atoms with Gasteiger partial charge < -0.3 is 20.0 Å². The molecule has 0 unspecified atom stereocenters. The van der Waals surface area contributed by atoms with E-state index in [1.807, 2.05) is 16.8 Å². The Hall–Kier alpha value is -2.19. The van der Waals surface area contributed by atoms with Crippen LogP contribution in [0.3, 0.4) is 0 Å². The molecule has 152 valence electrons. The standard InChI is InChI=1S/C20H31N7O/c1-24(2)10-4-8-21-19(28)15-13-26(14-15)20-16-6-11-25(3)12-7-17(16)23-18-5-9-22-27(18)20/h5,9,15H,4,6-8,10-14H2,1-3H3,(H,21,28). The number of amides is 1. The molecule has 2 aliphatic rings. The summed E-state index contributed by atoms with van der Waals surface area (Å²) in [6.07, 6.45) is 4.73. The Morgan fingerprint density at radius 3 is 2.86 bits per heavy atom. The van der Waals surface area contributed by atoms with Crippen LogP contribution < -0.4 is 10.2 Å². The van der Waals surface area contributed by atoms with Crippen molar-refractivity contribution in [3.8, 4) is 0 Å². The Morgan fingerprint density at radius 2 is 2.07 bits per heavy atom. The van der Waals surface area contributed by atoms with Crippen LogP contribution in [0.15, 0.2) is 12.3 Å². The average molecular weight is 386 g/mol. The molecule has 1 saturated heterocycles. The maximum Gasteiger partial charge on any atom is 0.226 e. The van der Waals surface area contributed by atoms with E-state index in [0.29, 0.717) is 0 Å². The zero-order valence-corrected chi connectivity index (χ0v) is 17.2. The van der Waals surface area contributed by atoms with E-state index in [9.17, 15) is 4.79 Å². The first-order valence-electron chi connectivity index (χ1n) is 10.2. The van der Waals surface area contributed by atoms with Gasteiger partial charge in [-0.3, -0.25) is 4.79 Å². The first-order chi connectivity index (χ1) is 13.5. The second-order valence-electron chi connectivity index (χ2n) is 8.31. The minimum absolute atomic E-state index is 0.0576. The summed E-state index contributed by atoms with van der Waals surface area (Å²) in [5, 5.41) is 7.61. The van der Waals surface area contributed by atoms with Crippen LogP contribution in [0.1, 0.15) is 17.7 Å². The van der Waals surface area contributed by atoms with Crippen molar-refractivity contribution in [3.63, 3.8) is 0 Å². The van der Waals surface area contributed by atoms with Crippen molar-refractivity contribution in [2.75, 3.05) is 65.3 Å². The number of anilines is 1. The van der Waals surface area contributed by atoms with Crippen LogP contribution in [-0.4, -0.2) is 90.7 Å². The molecule has 4 rings (SSSR count). The van der Waals surface area contributed by atoms with E-state index in [4.69, 9.17) is 4.98 Å². The third kappa shape index (κ3) is 3.84. The molecule has 0 atom stereocenters. The average Bonchev–Trinajstić information content (AvgIpc) is 3.00. The SMILES string of the molecule is CN(C)CCCNC(=O)C1CN(c2c3c(nc4ccnn24)CCN(C)CC3)C1. The minimum atomic E-state index is 0.0576. The first kappa shape index (κ1) is 19.1. The highest BCUT2D eigenvalue weighted by Crippen LogP contribution is 2.32. The minimum Gasteiger partial charge on any atom is -0.356 e. The summed E-state index contributed by atoms with van der Waals surface area (Å²) in [6, 6.07) is 1.97. The predicted molar refractivity (Wildman–Crippen MR) is 110 cm³/mol. The monoisotopic (exact) mass is 385 g/mol. The van der Waals surface area contributed by atoms with E-state index in [1.165, 1.54) is 11.3 Å².